The van der Waals surface area contributed by atoms with Crippen LogP contribution in [0.5, 0.6) is 0 Å². The summed E-state index contributed by atoms with van der Waals surface area (Å²) in [7, 11) is 1.78. The predicted molar refractivity (Wildman–Crippen MR) is 76.3 cm³/mol. The highest BCUT2D eigenvalue weighted by Crippen LogP contribution is 2.10. The number of carbonyl (C=O) groups is 1. The number of carbonyl (C=O) groups excluding carboxylic acids is 1. The Balaban J connectivity index is 2.53. The predicted octanol–water partition coefficient (Wildman–Crippen LogP) is 1.75. The number of aliphatic hydroxyl groups excluding tert-OH is 1. The molecule has 0 aliphatic heterocycles. The van der Waals surface area contributed by atoms with Crippen molar-refractivity contribution in [3.8, 4) is 0 Å². The number of unbranched alkanes of at least 4 members (excludes halogenated alkanes) is 2. The zero-order valence-corrected chi connectivity index (χ0v) is 11.7. The van der Waals surface area contributed by atoms with Crippen molar-refractivity contribution in [3.63, 3.8) is 0 Å². The molecule has 1 rings (SSSR count). The Bertz CT molecular complexity index is 396. The fraction of sp³-hybridized carbons (Fsp3) is 0.571. The number of anilines is 1. The third kappa shape index (κ3) is 5.26. The SMILES string of the molecule is CCNc1ccnc(C(=O)N(C)CCCCCO)c1. The topological polar surface area (TPSA) is 65.5 Å². The number of nitrogens with zero attached hydrogens (tertiary/aromatic N) is 2. The van der Waals surface area contributed by atoms with Crippen LogP contribution in [0.15, 0.2) is 18.3 Å². The fourth-order valence-corrected chi connectivity index (χ4v) is 1.80. The summed E-state index contributed by atoms with van der Waals surface area (Å²) in [5.41, 5.74) is 1.37. The monoisotopic (exact) mass is 265 g/mol. The summed E-state index contributed by atoms with van der Waals surface area (Å²) < 4.78 is 0. The lowest BCUT2D eigenvalue weighted by Crippen LogP contribution is -2.28. The van der Waals surface area contributed by atoms with Gasteiger partial charge in [0, 0.05) is 38.6 Å². The van der Waals surface area contributed by atoms with Gasteiger partial charge in [0.15, 0.2) is 0 Å². The van der Waals surface area contributed by atoms with E-state index in [2.05, 4.69) is 10.3 Å². The zero-order chi connectivity index (χ0) is 14.1. The Morgan fingerprint density at radius 2 is 2.21 bits per heavy atom. The van der Waals surface area contributed by atoms with E-state index < -0.39 is 0 Å². The lowest BCUT2D eigenvalue weighted by atomic mass is 10.2. The highest BCUT2D eigenvalue weighted by molar-refractivity contribution is 5.92. The first-order valence-corrected chi connectivity index (χ1v) is 6.75. The van der Waals surface area contributed by atoms with Gasteiger partial charge in [-0.15, -0.1) is 0 Å². The van der Waals surface area contributed by atoms with Gasteiger partial charge in [-0.1, -0.05) is 0 Å². The van der Waals surface area contributed by atoms with E-state index >= 15 is 0 Å². The van der Waals surface area contributed by atoms with Crippen LogP contribution in [-0.2, 0) is 0 Å². The van der Waals surface area contributed by atoms with Gasteiger partial charge >= 0.3 is 0 Å². The van der Waals surface area contributed by atoms with Crippen LogP contribution in [0.2, 0.25) is 0 Å². The molecule has 0 fully saturated rings. The molecular weight excluding hydrogens is 242 g/mol. The third-order valence-electron chi connectivity index (χ3n) is 2.86. The number of pyridine rings is 1. The number of nitrogens with one attached hydrogen (secondary N) is 1. The van der Waals surface area contributed by atoms with E-state index in [1.165, 1.54) is 0 Å². The van der Waals surface area contributed by atoms with Gasteiger partial charge < -0.3 is 15.3 Å². The minimum Gasteiger partial charge on any atom is -0.396 e. The molecule has 5 heteroatoms. The highest BCUT2D eigenvalue weighted by atomic mass is 16.2. The second kappa shape index (κ2) is 8.48. The van der Waals surface area contributed by atoms with E-state index in [0.717, 1.165) is 31.5 Å². The van der Waals surface area contributed by atoms with Crippen LogP contribution in [0.1, 0.15) is 36.7 Å². The van der Waals surface area contributed by atoms with Gasteiger partial charge in [0.2, 0.25) is 0 Å². The molecule has 19 heavy (non-hydrogen) atoms. The summed E-state index contributed by atoms with van der Waals surface area (Å²) in [6.07, 6.45) is 4.26. The van der Waals surface area contributed by atoms with Gasteiger partial charge in [0.1, 0.15) is 5.69 Å². The van der Waals surface area contributed by atoms with E-state index in [-0.39, 0.29) is 12.5 Å². The van der Waals surface area contributed by atoms with Crippen LogP contribution in [0.4, 0.5) is 5.69 Å². The Morgan fingerprint density at radius 3 is 2.89 bits per heavy atom. The molecule has 0 aromatic carbocycles. The Kier molecular flexibility index (Phi) is 6.89. The smallest absolute Gasteiger partial charge is 0.272 e. The van der Waals surface area contributed by atoms with Crippen molar-refractivity contribution >= 4 is 11.6 Å². The second-order valence-corrected chi connectivity index (χ2v) is 4.47. The second-order valence-electron chi connectivity index (χ2n) is 4.47. The lowest BCUT2D eigenvalue weighted by Gasteiger charge is -2.16. The minimum absolute atomic E-state index is 0.0660. The number of amides is 1. The third-order valence-corrected chi connectivity index (χ3v) is 2.86. The molecule has 5 nitrogen and oxygen atoms in total. The van der Waals surface area contributed by atoms with Gasteiger partial charge in [0.05, 0.1) is 0 Å². The summed E-state index contributed by atoms with van der Waals surface area (Å²) in [6.45, 7) is 3.72. The summed E-state index contributed by atoms with van der Waals surface area (Å²) in [6, 6.07) is 3.62. The van der Waals surface area contributed by atoms with Gasteiger partial charge in [-0.3, -0.25) is 9.78 Å². The van der Waals surface area contributed by atoms with Crippen molar-refractivity contribution < 1.29 is 9.90 Å². The molecule has 0 unspecified atom stereocenters. The molecule has 0 radical (unpaired) electrons. The van der Waals surface area contributed by atoms with Crippen LogP contribution in [0, 0.1) is 0 Å². The van der Waals surface area contributed by atoms with Gasteiger partial charge in [-0.2, -0.15) is 0 Å². The number of aromatic nitrogens is 1. The first-order chi connectivity index (χ1) is 9.19. The highest BCUT2D eigenvalue weighted by Gasteiger charge is 2.12. The summed E-state index contributed by atoms with van der Waals surface area (Å²) >= 11 is 0. The number of rotatable bonds is 8. The van der Waals surface area contributed by atoms with E-state index in [4.69, 9.17) is 5.11 Å². The van der Waals surface area contributed by atoms with E-state index in [1.54, 1.807) is 24.2 Å². The summed E-state index contributed by atoms with van der Waals surface area (Å²) in [5, 5.41) is 11.9. The van der Waals surface area contributed by atoms with Gasteiger partial charge in [0.25, 0.3) is 5.91 Å². The molecule has 0 spiro atoms. The van der Waals surface area contributed by atoms with Gasteiger partial charge in [-0.05, 0) is 38.3 Å². The molecule has 0 atom stereocenters. The first kappa shape index (κ1) is 15.4. The quantitative estimate of drug-likeness (QED) is 0.703. The molecule has 106 valence electrons. The maximum atomic E-state index is 12.2. The lowest BCUT2D eigenvalue weighted by molar-refractivity contribution is 0.0786. The van der Waals surface area contributed by atoms with Crippen LogP contribution >= 0.6 is 0 Å². The standard InChI is InChI=1S/C14H23N3O2/c1-3-15-12-7-8-16-13(11-12)14(19)17(2)9-5-4-6-10-18/h7-8,11,18H,3-6,9-10H2,1-2H3,(H,15,16). The molecule has 0 bridgehead atoms. The largest absolute Gasteiger partial charge is 0.396 e. The first-order valence-electron chi connectivity index (χ1n) is 6.75. The molecule has 0 aliphatic carbocycles. The summed E-state index contributed by atoms with van der Waals surface area (Å²) in [5.74, 6) is -0.0660. The molecular formula is C14H23N3O2. The van der Waals surface area contributed by atoms with Crippen LogP contribution in [-0.4, -0.2) is 47.6 Å². The maximum absolute atomic E-state index is 12.2. The van der Waals surface area contributed by atoms with Crippen molar-refractivity contribution in [2.75, 3.05) is 32.1 Å². The Hall–Kier alpha value is -1.62. The molecule has 2 N–H and O–H groups in total. The Morgan fingerprint density at radius 1 is 1.42 bits per heavy atom. The van der Waals surface area contributed by atoms with Crippen LogP contribution in [0.25, 0.3) is 0 Å². The van der Waals surface area contributed by atoms with Crippen molar-refractivity contribution in [3.05, 3.63) is 24.0 Å². The molecule has 0 aliphatic rings. The number of hydrogen-bond acceptors (Lipinski definition) is 4. The Labute approximate surface area is 114 Å². The minimum atomic E-state index is -0.0660. The zero-order valence-electron chi connectivity index (χ0n) is 11.7. The number of aliphatic hydroxyl groups is 1. The average Bonchev–Trinajstić information content (AvgIpc) is 2.43. The van der Waals surface area contributed by atoms with Crippen molar-refractivity contribution in [1.82, 2.24) is 9.88 Å². The van der Waals surface area contributed by atoms with Gasteiger partial charge in [-0.25, -0.2) is 0 Å². The maximum Gasteiger partial charge on any atom is 0.272 e. The van der Waals surface area contributed by atoms with Crippen molar-refractivity contribution in [2.24, 2.45) is 0 Å². The molecule has 1 aromatic heterocycles. The molecule has 1 aromatic rings. The number of hydrogen-bond donors (Lipinski definition) is 2. The van der Waals surface area contributed by atoms with Crippen LogP contribution in [0.3, 0.4) is 0 Å². The van der Waals surface area contributed by atoms with E-state index in [0.29, 0.717) is 12.2 Å². The van der Waals surface area contributed by atoms with Crippen molar-refractivity contribution in [1.29, 1.82) is 0 Å². The molecule has 1 amide bonds. The molecule has 1 heterocycles. The van der Waals surface area contributed by atoms with E-state index in [1.807, 2.05) is 13.0 Å². The normalized spacial score (nSPS) is 10.3. The average molecular weight is 265 g/mol. The van der Waals surface area contributed by atoms with Crippen molar-refractivity contribution in [2.45, 2.75) is 26.2 Å². The molecule has 0 saturated carbocycles. The van der Waals surface area contributed by atoms with E-state index in [9.17, 15) is 4.79 Å². The summed E-state index contributed by atoms with van der Waals surface area (Å²) in [4.78, 5) is 17.9. The fourth-order valence-electron chi connectivity index (χ4n) is 1.80. The van der Waals surface area contributed by atoms with Crippen LogP contribution < -0.4 is 5.32 Å². The molecule has 0 saturated heterocycles.